The first-order chi connectivity index (χ1) is 14.5. The zero-order valence-corrected chi connectivity index (χ0v) is 20.1. The van der Waals surface area contributed by atoms with Crippen molar-refractivity contribution in [1.29, 1.82) is 0 Å². The van der Waals surface area contributed by atoms with Crippen LogP contribution in [0.2, 0.25) is 0 Å². The molecule has 1 aliphatic heterocycles. The van der Waals surface area contributed by atoms with E-state index in [1.165, 1.54) is 23.4 Å². The fourth-order valence-electron chi connectivity index (χ4n) is 4.24. The molecule has 1 aromatic rings. The van der Waals surface area contributed by atoms with Gasteiger partial charge in [-0.05, 0) is 55.2 Å². The van der Waals surface area contributed by atoms with Crippen molar-refractivity contribution in [1.82, 2.24) is 9.80 Å². The molecule has 1 aliphatic rings. The van der Waals surface area contributed by atoms with E-state index in [9.17, 15) is 4.39 Å². The molecule has 0 atom stereocenters. The summed E-state index contributed by atoms with van der Waals surface area (Å²) in [5, 5.41) is 0. The summed E-state index contributed by atoms with van der Waals surface area (Å²) < 4.78 is 13.4. The van der Waals surface area contributed by atoms with Crippen molar-refractivity contribution in [3.63, 3.8) is 0 Å². The maximum absolute atomic E-state index is 13.4. The lowest BCUT2D eigenvalue weighted by Crippen LogP contribution is -2.46. The second kappa shape index (κ2) is 10.00. The smallest absolute Gasteiger partial charge is 0.123 e. The van der Waals surface area contributed by atoms with Crippen molar-refractivity contribution in [3.8, 4) is 0 Å². The first-order valence-electron chi connectivity index (χ1n) is 10.8. The molecule has 0 bridgehead atoms. The highest BCUT2D eigenvalue weighted by molar-refractivity contribution is 5.49. The van der Waals surface area contributed by atoms with E-state index >= 15 is 0 Å². The first-order valence-corrected chi connectivity index (χ1v) is 10.8. The van der Waals surface area contributed by atoms with Crippen LogP contribution in [0.15, 0.2) is 95.9 Å². The predicted molar refractivity (Wildman–Crippen MR) is 132 cm³/mol. The summed E-state index contributed by atoms with van der Waals surface area (Å²) in [4.78, 5) is 4.62. The fraction of sp³-hybridized carbons (Fsp3) is 0.357. The van der Waals surface area contributed by atoms with Crippen LogP contribution < -0.4 is 0 Å². The van der Waals surface area contributed by atoms with Crippen LogP contribution in [0.1, 0.15) is 40.2 Å². The highest BCUT2D eigenvalue weighted by Crippen LogP contribution is 2.41. The average Bonchev–Trinajstić information content (AvgIpc) is 2.70. The van der Waals surface area contributed by atoms with Crippen LogP contribution in [0.4, 0.5) is 4.39 Å². The summed E-state index contributed by atoms with van der Waals surface area (Å²) in [7, 11) is 2.10. The number of hydrogen-bond donors (Lipinski definition) is 0. The Morgan fingerprint density at radius 3 is 2.32 bits per heavy atom. The van der Waals surface area contributed by atoms with Gasteiger partial charge in [-0.15, -0.1) is 0 Å². The van der Waals surface area contributed by atoms with Gasteiger partial charge in [-0.25, -0.2) is 4.39 Å². The lowest BCUT2D eigenvalue weighted by molar-refractivity contribution is 0.186. The van der Waals surface area contributed by atoms with Gasteiger partial charge in [-0.3, -0.25) is 0 Å². The molecule has 0 N–H and O–H groups in total. The van der Waals surface area contributed by atoms with Gasteiger partial charge in [0.15, 0.2) is 0 Å². The van der Waals surface area contributed by atoms with Gasteiger partial charge in [0, 0.05) is 43.5 Å². The van der Waals surface area contributed by atoms with Crippen LogP contribution in [0.3, 0.4) is 0 Å². The van der Waals surface area contributed by atoms with Gasteiger partial charge >= 0.3 is 0 Å². The molecule has 0 saturated carbocycles. The largest absolute Gasteiger partial charge is 0.373 e. The Morgan fingerprint density at radius 1 is 1.16 bits per heavy atom. The molecule has 0 unspecified atom stereocenters. The number of nitrogens with zero attached hydrogens (tertiary/aromatic N) is 2. The van der Waals surface area contributed by atoms with Gasteiger partial charge in [0.2, 0.25) is 0 Å². The van der Waals surface area contributed by atoms with Crippen molar-refractivity contribution in [2.24, 2.45) is 5.41 Å². The topological polar surface area (TPSA) is 6.48 Å². The number of halogens is 1. The Labute approximate surface area is 188 Å². The van der Waals surface area contributed by atoms with Gasteiger partial charge in [-0.2, -0.15) is 0 Å². The number of benzene rings is 1. The minimum absolute atomic E-state index is 0.134. The van der Waals surface area contributed by atoms with E-state index in [-0.39, 0.29) is 11.2 Å². The molecule has 0 aromatic heterocycles. The first kappa shape index (κ1) is 24.5. The molecular formula is C28H37FN2. The van der Waals surface area contributed by atoms with Crippen LogP contribution in [-0.4, -0.2) is 29.9 Å². The van der Waals surface area contributed by atoms with Gasteiger partial charge < -0.3 is 9.80 Å². The molecule has 0 amide bonds. The second-order valence-corrected chi connectivity index (χ2v) is 9.13. The van der Waals surface area contributed by atoms with Crippen LogP contribution in [0.25, 0.3) is 0 Å². The van der Waals surface area contributed by atoms with E-state index in [0.717, 1.165) is 41.1 Å². The Bertz CT molecular complexity index is 942. The molecule has 0 spiro atoms. The predicted octanol–water partition coefficient (Wildman–Crippen LogP) is 7.02. The molecule has 31 heavy (non-hydrogen) atoms. The maximum Gasteiger partial charge on any atom is 0.123 e. The second-order valence-electron chi connectivity index (χ2n) is 9.13. The molecule has 0 saturated heterocycles. The lowest BCUT2D eigenvalue weighted by Gasteiger charge is -2.47. The highest BCUT2D eigenvalue weighted by Gasteiger charge is 2.37. The minimum Gasteiger partial charge on any atom is -0.373 e. The van der Waals surface area contributed by atoms with Crippen molar-refractivity contribution in [3.05, 3.63) is 107 Å². The van der Waals surface area contributed by atoms with Gasteiger partial charge in [-0.1, -0.05) is 69.5 Å². The standard InChI is InChI=1S/C28H37FN2/c1-10-11-12-21(4)23(6)31-18-26(22(5)20(2)3)27(28(7,8)19-31)30(9)17-24-13-15-25(29)16-14-24/h10-16H,2,5-6,17-19H2,1,3-4,7-9H3/b11-10-,21-12+. The molecule has 3 heteroatoms. The average molecular weight is 421 g/mol. The Kier molecular flexibility index (Phi) is 7.89. The van der Waals surface area contributed by atoms with Crippen LogP contribution in [-0.2, 0) is 6.54 Å². The normalized spacial score (nSPS) is 16.6. The molecule has 0 aliphatic carbocycles. The summed E-state index contributed by atoms with van der Waals surface area (Å²) in [5.41, 5.74) is 7.50. The third-order valence-electron chi connectivity index (χ3n) is 5.83. The van der Waals surface area contributed by atoms with Crippen molar-refractivity contribution in [2.45, 2.75) is 41.2 Å². The Hall–Kier alpha value is -2.81. The lowest BCUT2D eigenvalue weighted by atomic mass is 9.78. The van der Waals surface area contributed by atoms with E-state index in [4.69, 9.17) is 0 Å². The van der Waals surface area contributed by atoms with Crippen LogP contribution in [0.5, 0.6) is 0 Å². The van der Waals surface area contributed by atoms with Crippen molar-refractivity contribution < 1.29 is 4.39 Å². The summed E-state index contributed by atoms with van der Waals surface area (Å²) in [6.07, 6.45) is 6.16. The maximum atomic E-state index is 13.4. The fourth-order valence-corrected chi connectivity index (χ4v) is 4.24. The van der Waals surface area contributed by atoms with Gasteiger partial charge in [0.1, 0.15) is 5.82 Å². The van der Waals surface area contributed by atoms with Gasteiger partial charge in [0.05, 0.1) is 0 Å². The monoisotopic (exact) mass is 420 g/mol. The highest BCUT2D eigenvalue weighted by atomic mass is 19.1. The molecule has 0 radical (unpaired) electrons. The van der Waals surface area contributed by atoms with Crippen LogP contribution in [0, 0.1) is 11.2 Å². The molecule has 0 fully saturated rings. The van der Waals surface area contributed by atoms with E-state index in [1.54, 1.807) is 0 Å². The van der Waals surface area contributed by atoms with E-state index < -0.39 is 0 Å². The van der Waals surface area contributed by atoms with Crippen LogP contribution >= 0.6 is 0 Å². The summed E-state index contributed by atoms with van der Waals surface area (Å²) >= 11 is 0. The molecule has 1 aromatic carbocycles. The van der Waals surface area contributed by atoms with E-state index in [0.29, 0.717) is 6.54 Å². The molecular weight excluding hydrogens is 383 g/mol. The van der Waals surface area contributed by atoms with Gasteiger partial charge in [0.25, 0.3) is 0 Å². The quantitative estimate of drug-likeness (QED) is 0.417. The van der Waals surface area contributed by atoms with Crippen molar-refractivity contribution >= 4 is 0 Å². The third kappa shape index (κ3) is 5.88. The number of hydrogen-bond acceptors (Lipinski definition) is 2. The number of allylic oxidation sites excluding steroid dienone is 5. The minimum atomic E-state index is -0.213. The molecule has 2 nitrogen and oxygen atoms in total. The Morgan fingerprint density at radius 2 is 1.77 bits per heavy atom. The summed E-state index contributed by atoms with van der Waals surface area (Å²) in [6, 6.07) is 6.73. The zero-order valence-electron chi connectivity index (χ0n) is 20.1. The van der Waals surface area contributed by atoms with E-state index in [1.807, 2.05) is 38.1 Å². The Balaban J connectivity index is 2.47. The summed E-state index contributed by atoms with van der Waals surface area (Å²) in [6.45, 7) is 25.8. The number of rotatable bonds is 8. The molecule has 1 heterocycles. The molecule has 166 valence electrons. The summed E-state index contributed by atoms with van der Waals surface area (Å²) in [5.74, 6) is -0.213. The molecule has 2 rings (SSSR count). The third-order valence-corrected chi connectivity index (χ3v) is 5.83. The SMILES string of the molecule is C=C(C)C(=C)C1=C(N(C)Cc2ccc(F)cc2)C(C)(C)CN(C(=C)/C(C)=C/C=C\C)C1. The van der Waals surface area contributed by atoms with Crippen molar-refractivity contribution in [2.75, 3.05) is 20.1 Å². The van der Waals surface area contributed by atoms with E-state index in [2.05, 4.69) is 63.4 Å². The zero-order chi connectivity index (χ0) is 23.3.